The average molecular weight is 618 g/mol. The van der Waals surface area contributed by atoms with E-state index in [-0.39, 0.29) is 21.1 Å². The monoisotopic (exact) mass is 617 g/mol. The summed E-state index contributed by atoms with van der Waals surface area (Å²) in [5, 5.41) is 0. The summed E-state index contributed by atoms with van der Waals surface area (Å²) < 4.78 is 0. The van der Waals surface area contributed by atoms with Crippen molar-refractivity contribution < 1.29 is 21.1 Å². The molecule has 0 unspecified atom stereocenters. The van der Waals surface area contributed by atoms with Gasteiger partial charge in [-0.15, -0.1) is 0 Å². The van der Waals surface area contributed by atoms with E-state index in [4.69, 9.17) is 9.97 Å². The second-order valence-electron chi connectivity index (χ2n) is 8.72. The van der Waals surface area contributed by atoms with Crippen LogP contribution >= 0.6 is 0 Å². The molecule has 172 valence electrons. The summed E-state index contributed by atoms with van der Waals surface area (Å²) in [6, 6.07) is 15.0. The van der Waals surface area contributed by atoms with E-state index in [9.17, 15) is 0 Å². The molecule has 2 aliphatic rings. The molecule has 33 heavy (non-hydrogen) atoms. The van der Waals surface area contributed by atoms with Crippen molar-refractivity contribution >= 4 is 46.4 Å². The zero-order valence-corrected chi connectivity index (χ0v) is 21.3. The number of aryl methyl sites for hydroxylation is 1. The first-order valence-electron chi connectivity index (χ1n) is 11.8. The molecule has 5 heterocycles. The quantitative estimate of drug-likeness (QED) is 0.185. The summed E-state index contributed by atoms with van der Waals surface area (Å²) in [5.41, 5.74) is 9.55. The van der Waals surface area contributed by atoms with Crippen LogP contribution in [-0.4, -0.2) is 19.9 Å². The Balaban J connectivity index is 0.00000259. The van der Waals surface area contributed by atoms with Gasteiger partial charge in [-0.3, -0.25) is 0 Å². The number of fused-ring (bicyclic) bond motifs is 8. The SMILES string of the molecule is CCCCCCCCc1cc2cc3ccc(cc4nc(cc5nc(cc1[nH]2)C=C5)C=C4)[nH]3.[Pt]. The van der Waals surface area contributed by atoms with Crippen LogP contribution in [0.15, 0.2) is 42.5 Å². The molecule has 3 aromatic heterocycles. The van der Waals surface area contributed by atoms with E-state index < -0.39 is 0 Å². The number of hydrogen-bond donors (Lipinski definition) is 2. The Hall–Kier alpha value is -2.71. The molecular formula is C28H30N4Pt. The van der Waals surface area contributed by atoms with Crippen LogP contribution in [0.3, 0.4) is 0 Å². The molecule has 0 fully saturated rings. The van der Waals surface area contributed by atoms with E-state index in [0.717, 1.165) is 51.3 Å². The standard InChI is InChI=1S/C28H30N4.Pt/c1-2-3-4-5-6-7-8-20-15-27-18-25-12-11-23(30-25)16-21-9-10-22(29-21)17-24-13-14-26(31-24)19-28(20)32-27;/h9-19,30,32H,2-8H2,1H3;. The minimum absolute atomic E-state index is 0. The van der Waals surface area contributed by atoms with Crippen LogP contribution in [0.4, 0.5) is 0 Å². The smallest absolute Gasteiger partial charge is 0.0659 e. The predicted octanol–water partition coefficient (Wildman–Crippen LogP) is 7.56. The Morgan fingerprint density at radius 3 is 1.94 bits per heavy atom. The molecule has 0 aliphatic carbocycles. The molecule has 5 heteroatoms. The van der Waals surface area contributed by atoms with Crippen LogP contribution in [0, 0.1) is 0 Å². The van der Waals surface area contributed by atoms with Gasteiger partial charge in [-0.05, 0) is 85.2 Å². The van der Waals surface area contributed by atoms with Crippen LogP contribution in [0.25, 0.3) is 46.4 Å². The van der Waals surface area contributed by atoms with Gasteiger partial charge in [-0.2, -0.15) is 0 Å². The maximum Gasteiger partial charge on any atom is 0.0659 e. The number of H-pyrrole nitrogens is 2. The van der Waals surface area contributed by atoms with E-state index in [1.165, 1.54) is 44.1 Å². The molecule has 0 atom stereocenters. The molecule has 3 aromatic rings. The van der Waals surface area contributed by atoms with E-state index >= 15 is 0 Å². The summed E-state index contributed by atoms with van der Waals surface area (Å²) in [5.74, 6) is 0. The Labute approximate surface area is 209 Å². The van der Waals surface area contributed by atoms with Crippen LogP contribution in [-0.2, 0) is 27.5 Å². The predicted molar refractivity (Wildman–Crippen MR) is 136 cm³/mol. The largest absolute Gasteiger partial charge is 0.355 e. The normalized spacial score (nSPS) is 12.2. The molecule has 0 aromatic carbocycles. The molecular weight excluding hydrogens is 587 g/mol. The molecule has 2 N–H and O–H groups in total. The molecule has 0 radical (unpaired) electrons. The van der Waals surface area contributed by atoms with Crippen LogP contribution in [0.5, 0.6) is 0 Å². The zero-order chi connectivity index (χ0) is 21.8. The second kappa shape index (κ2) is 10.9. The van der Waals surface area contributed by atoms with E-state index in [1.54, 1.807) is 0 Å². The van der Waals surface area contributed by atoms with Crippen LogP contribution in [0.2, 0.25) is 0 Å². The Morgan fingerprint density at radius 2 is 1.21 bits per heavy atom. The molecule has 2 aliphatic heterocycles. The van der Waals surface area contributed by atoms with Crippen molar-refractivity contribution in [3.8, 4) is 0 Å². The maximum atomic E-state index is 4.79. The third-order valence-electron chi connectivity index (χ3n) is 6.05. The summed E-state index contributed by atoms with van der Waals surface area (Å²) in [7, 11) is 0. The molecule has 4 nitrogen and oxygen atoms in total. The number of aromatic nitrogens is 4. The molecule has 5 rings (SSSR count). The summed E-state index contributed by atoms with van der Waals surface area (Å²) in [4.78, 5) is 16.6. The minimum atomic E-state index is 0. The Bertz CT molecular complexity index is 1330. The molecule has 0 amide bonds. The third kappa shape index (κ3) is 6.00. The fraction of sp³-hybridized carbons (Fsp3) is 0.286. The first kappa shape index (κ1) is 23.4. The maximum absolute atomic E-state index is 4.79. The van der Waals surface area contributed by atoms with Crippen molar-refractivity contribution in [3.05, 3.63) is 70.8 Å². The fourth-order valence-electron chi connectivity index (χ4n) is 4.38. The van der Waals surface area contributed by atoms with Gasteiger partial charge in [0.2, 0.25) is 0 Å². The minimum Gasteiger partial charge on any atom is -0.355 e. The van der Waals surface area contributed by atoms with Gasteiger partial charge in [-0.1, -0.05) is 39.0 Å². The van der Waals surface area contributed by atoms with Gasteiger partial charge in [0.05, 0.1) is 22.8 Å². The molecule has 8 bridgehead atoms. The van der Waals surface area contributed by atoms with Gasteiger partial charge < -0.3 is 9.97 Å². The average Bonchev–Trinajstić information content (AvgIpc) is 3.56. The van der Waals surface area contributed by atoms with Crippen molar-refractivity contribution in [2.24, 2.45) is 0 Å². The van der Waals surface area contributed by atoms with Gasteiger partial charge >= 0.3 is 0 Å². The summed E-state index contributed by atoms with van der Waals surface area (Å²) >= 11 is 0. The molecule has 0 saturated carbocycles. The van der Waals surface area contributed by atoms with Crippen molar-refractivity contribution in [1.29, 1.82) is 0 Å². The molecule has 0 spiro atoms. The second-order valence-corrected chi connectivity index (χ2v) is 8.72. The number of nitrogens with one attached hydrogen (secondary N) is 2. The zero-order valence-electron chi connectivity index (χ0n) is 19.0. The number of unbranched alkanes of at least 4 members (excludes halogenated alkanes) is 5. The Morgan fingerprint density at radius 1 is 0.606 bits per heavy atom. The van der Waals surface area contributed by atoms with E-state index in [0.29, 0.717) is 0 Å². The number of nitrogens with zero attached hydrogens (tertiary/aromatic N) is 2. The van der Waals surface area contributed by atoms with Crippen LogP contribution in [0.1, 0.15) is 73.8 Å². The van der Waals surface area contributed by atoms with E-state index in [2.05, 4.69) is 65.4 Å². The van der Waals surface area contributed by atoms with Gasteiger partial charge in [-0.25, -0.2) is 9.97 Å². The molecule has 0 saturated heterocycles. The van der Waals surface area contributed by atoms with Crippen molar-refractivity contribution in [2.75, 3.05) is 0 Å². The fourth-order valence-corrected chi connectivity index (χ4v) is 4.38. The summed E-state index contributed by atoms with van der Waals surface area (Å²) in [6.45, 7) is 2.27. The Kier molecular flexibility index (Phi) is 7.77. The van der Waals surface area contributed by atoms with Crippen molar-refractivity contribution in [2.45, 2.75) is 51.9 Å². The topological polar surface area (TPSA) is 57.4 Å². The van der Waals surface area contributed by atoms with Gasteiger partial charge in [0.1, 0.15) is 0 Å². The number of rotatable bonds is 7. The third-order valence-corrected chi connectivity index (χ3v) is 6.05. The van der Waals surface area contributed by atoms with Crippen molar-refractivity contribution in [1.82, 2.24) is 19.9 Å². The number of hydrogen-bond acceptors (Lipinski definition) is 2. The van der Waals surface area contributed by atoms with Gasteiger partial charge in [0.15, 0.2) is 0 Å². The number of aromatic amines is 2. The van der Waals surface area contributed by atoms with E-state index in [1.807, 2.05) is 18.2 Å². The first-order valence-corrected chi connectivity index (χ1v) is 11.8. The summed E-state index contributed by atoms with van der Waals surface area (Å²) in [6.07, 6.45) is 17.1. The van der Waals surface area contributed by atoms with Crippen LogP contribution < -0.4 is 0 Å². The first-order chi connectivity index (χ1) is 15.7. The van der Waals surface area contributed by atoms with Gasteiger partial charge in [0, 0.05) is 43.1 Å². The van der Waals surface area contributed by atoms with Gasteiger partial charge in [0.25, 0.3) is 0 Å². The van der Waals surface area contributed by atoms with Crippen molar-refractivity contribution in [3.63, 3.8) is 0 Å².